The van der Waals surface area contributed by atoms with Gasteiger partial charge in [0.05, 0.1) is 5.92 Å². The number of carbonyl (C=O) groups is 2. The van der Waals surface area contributed by atoms with Crippen molar-refractivity contribution in [3.8, 4) is 0 Å². The molecule has 0 radical (unpaired) electrons. The summed E-state index contributed by atoms with van der Waals surface area (Å²) in [5.41, 5.74) is 4.33. The molecule has 1 unspecified atom stereocenters. The monoisotopic (exact) mass is 487 g/mol. The van der Waals surface area contributed by atoms with Gasteiger partial charge in [-0.15, -0.1) is 0 Å². The van der Waals surface area contributed by atoms with Gasteiger partial charge in [0.2, 0.25) is 5.91 Å². The second-order valence-electron chi connectivity index (χ2n) is 8.97. The van der Waals surface area contributed by atoms with Crippen molar-refractivity contribution in [1.82, 2.24) is 5.32 Å². The van der Waals surface area contributed by atoms with Gasteiger partial charge in [0.15, 0.2) is 5.11 Å². The number of benzene rings is 3. The lowest BCUT2D eigenvalue weighted by molar-refractivity contribution is -0.120. The van der Waals surface area contributed by atoms with Crippen molar-refractivity contribution in [3.05, 3.63) is 95.6 Å². The maximum Gasteiger partial charge on any atom is 0.258 e. The number of carbonyl (C=O) groups excluding carboxylic acids is 2. The minimum atomic E-state index is -0.333. The molecule has 2 N–H and O–H groups in total. The van der Waals surface area contributed by atoms with Gasteiger partial charge in [-0.05, 0) is 85.9 Å². The molecule has 3 aromatic rings. The minimum Gasteiger partial charge on any atom is -0.332 e. The van der Waals surface area contributed by atoms with Crippen LogP contribution in [0.3, 0.4) is 0 Å². The molecule has 0 aromatic heterocycles. The molecule has 3 aromatic carbocycles. The highest BCUT2D eigenvalue weighted by Crippen LogP contribution is 2.19. The molecule has 0 fully saturated rings. The first kappa shape index (κ1) is 26.1. The molecule has 0 bridgehead atoms. The predicted molar refractivity (Wildman–Crippen MR) is 148 cm³/mol. The van der Waals surface area contributed by atoms with Crippen LogP contribution in [0.5, 0.6) is 0 Å². The van der Waals surface area contributed by atoms with Gasteiger partial charge in [0, 0.05) is 23.5 Å². The molecule has 35 heavy (non-hydrogen) atoms. The molecule has 5 nitrogen and oxygen atoms in total. The number of rotatable bonds is 8. The van der Waals surface area contributed by atoms with Crippen LogP contribution in [0, 0.1) is 5.92 Å². The molecule has 3 rings (SSSR count). The van der Waals surface area contributed by atoms with Crippen LogP contribution in [0.15, 0.2) is 78.9 Å². The Labute approximate surface area is 213 Å². The van der Waals surface area contributed by atoms with E-state index in [1.165, 1.54) is 5.56 Å². The van der Waals surface area contributed by atoms with Gasteiger partial charge in [-0.3, -0.25) is 9.59 Å². The van der Waals surface area contributed by atoms with E-state index < -0.39 is 0 Å². The highest BCUT2D eigenvalue weighted by Gasteiger charge is 2.18. The van der Waals surface area contributed by atoms with Crippen molar-refractivity contribution in [1.29, 1.82) is 0 Å². The summed E-state index contributed by atoms with van der Waals surface area (Å²) in [6.45, 7) is 8.75. The fraction of sp³-hybridized carbons (Fsp3) is 0.276. The van der Waals surface area contributed by atoms with E-state index in [1.54, 1.807) is 29.2 Å². The lowest BCUT2D eigenvalue weighted by atomic mass is 9.96. The summed E-state index contributed by atoms with van der Waals surface area (Å²) in [6.07, 6.45) is 1.02. The number of anilines is 2. The molecular formula is C29H33N3O2S. The van der Waals surface area contributed by atoms with Gasteiger partial charge in [0.1, 0.15) is 0 Å². The van der Waals surface area contributed by atoms with Crippen molar-refractivity contribution in [2.75, 3.05) is 16.8 Å². The van der Waals surface area contributed by atoms with E-state index in [0.717, 1.165) is 17.7 Å². The van der Waals surface area contributed by atoms with E-state index >= 15 is 0 Å². The number of hydrogen-bond acceptors (Lipinski definition) is 3. The Kier molecular flexibility index (Phi) is 9.15. The summed E-state index contributed by atoms with van der Waals surface area (Å²) >= 11 is 5.34. The van der Waals surface area contributed by atoms with Gasteiger partial charge in [0.25, 0.3) is 5.91 Å². The van der Waals surface area contributed by atoms with Crippen molar-refractivity contribution in [2.45, 2.75) is 40.0 Å². The average Bonchev–Trinajstić information content (AvgIpc) is 2.85. The normalized spacial score (nSPS) is 11.6. The lowest BCUT2D eigenvalue weighted by Crippen LogP contribution is -2.36. The molecule has 6 heteroatoms. The third-order valence-corrected chi connectivity index (χ3v) is 5.98. The summed E-state index contributed by atoms with van der Waals surface area (Å²) < 4.78 is 0. The fourth-order valence-corrected chi connectivity index (χ4v) is 4.07. The Balaban J connectivity index is 1.57. The first-order valence-corrected chi connectivity index (χ1v) is 12.4. The second kappa shape index (κ2) is 12.3. The SMILES string of the molecule is CCN(C(=O)c1ccc(NC(=S)NC(=O)C(C)c2ccc(CC(C)C)cc2)cc1)c1ccccc1. The summed E-state index contributed by atoms with van der Waals surface area (Å²) in [7, 11) is 0. The molecule has 0 saturated carbocycles. The molecule has 0 aliphatic heterocycles. The summed E-state index contributed by atoms with van der Waals surface area (Å²) in [5.74, 6) is 0.00855. The Morgan fingerprint density at radius 3 is 2.09 bits per heavy atom. The summed E-state index contributed by atoms with van der Waals surface area (Å²) in [4.78, 5) is 27.4. The van der Waals surface area contributed by atoms with Gasteiger partial charge in [-0.1, -0.05) is 56.3 Å². The quantitative estimate of drug-likeness (QED) is 0.373. The Morgan fingerprint density at radius 1 is 0.886 bits per heavy atom. The molecule has 1 atom stereocenters. The molecule has 0 spiro atoms. The van der Waals surface area contributed by atoms with Crippen molar-refractivity contribution >= 4 is 40.5 Å². The molecule has 182 valence electrons. The standard InChI is InChI=1S/C29H33N3O2S/c1-5-32(26-9-7-6-8-10-26)28(34)24-15-17-25(18-16-24)30-29(35)31-27(33)21(4)23-13-11-22(12-14-23)19-20(2)3/h6-18,20-21H,5,19H2,1-4H3,(H2,30,31,33,35). The highest BCUT2D eigenvalue weighted by molar-refractivity contribution is 7.80. The Morgan fingerprint density at radius 2 is 1.51 bits per heavy atom. The van der Waals surface area contributed by atoms with Gasteiger partial charge < -0.3 is 15.5 Å². The molecule has 0 saturated heterocycles. The smallest absolute Gasteiger partial charge is 0.258 e. The van der Waals surface area contributed by atoms with Crippen LogP contribution in [0.2, 0.25) is 0 Å². The highest BCUT2D eigenvalue weighted by atomic mass is 32.1. The number of hydrogen-bond donors (Lipinski definition) is 2. The maximum absolute atomic E-state index is 13.0. The maximum atomic E-state index is 13.0. The zero-order valence-electron chi connectivity index (χ0n) is 20.7. The third-order valence-electron chi connectivity index (χ3n) is 5.77. The molecule has 0 aliphatic rings. The number of amides is 2. The lowest BCUT2D eigenvalue weighted by Gasteiger charge is -2.21. The average molecular weight is 488 g/mol. The molecular weight excluding hydrogens is 454 g/mol. The summed E-state index contributed by atoms with van der Waals surface area (Å²) in [5, 5.41) is 6.01. The van der Waals surface area contributed by atoms with E-state index in [4.69, 9.17) is 12.2 Å². The largest absolute Gasteiger partial charge is 0.332 e. The van der Waals surface area contributed by atoms with Gasteiger partial charge in [-0.2, -0.15) is 0 Å². The third kappa shape index (κ3) is 7.23. The van der Waals surface area contributed by atoms with E-state index in [2.05, 4.69) is 36.6 Å². The number of nitrogens with zero attached hydrogens (tertiary/aromatic N) is 1. The zero-order chi connectivity index (χ0) is 25.4. The first-order chi connectivity index (χ1) is 16.8. The predicted octanol–water partition coefficient (Wildman–Crippen LogP) is 6.17. The van der Waals surface area contributed by atoms with Crippen molar-refractivity contribution in [3.63, 3.8) is 0 Å². The first-order valence-electron chi connectivity index (χ1n) is 12.0. The van der Waals surface area contributed by atoms with Crippen LogP contribution in [-0.4, -0.2) is 23.5 Å². The van der Waals surface area contributed by atoms with Crippen molar-refractivity contribution in [2.24, 2.45) is 5.92 Å². The molecule has 0 aliphatic carbocycles. The van der Waals surface area contributed by atoms with Crippen LogP contribution in [0.4, 0.5) is 11.4 Å². The summed E-state index contributed by atoms with van der Waals surface area (Å²) in [6, 6.07) is 24.8. The van der Waals surface area contributed by atoms with E-state index in [1.807, 2.05) is 56.3 Å². The molecule has 2 amide bonds. The van der Waals surface area contributed by atoms with E-state index in [-0.39, 0.29) is 22.8 Å². The molecule has 0 heterocycles. The number of nitrogens with one attached hydrogen (secondary N) is 2. The van der Waals surface area contributed by atoms with Crippen LogP contribution < -0.4 is 15.5 Å². The van der Waals surface area contributed by atoms with Crippen LogP contribution in [-0.2, 0) is 11.2 Å². The number of para-hydroxylation sites is 1. The van der Waals surface area contributed by atoms with Gasteiger partial charge in [-0.25, -0.2) is 0 Å². The topological polar surface area (TPSA) is 61.4 Å². The van der Waals surface area contributed by atoms with Gasteiger partial charge >= 0.3 is 0 Å². The van der Waals surface area contributed by atoms with Crippen LogP contribution in [0.1, 0.15) is 55.1 Å². The Bertz CT molecular complexity index is 1140. The zero-order valence-corrected chi connectivity index (χ0v) is 21.6. The Hall–Kier alpha value is -3.51. The van der Waals surface area contributed by atoms with Crippen LogP contribution >= 0.6 is 12.2 Å². The fourth-order valence-electron chi connectivity index (χ4n) is 3.85. The number of thiocarbonyl (C=S) groups is 1. The van der Waals surface area contributed by atoms with Crippen LogP contribution in [0.25, 0.3) is 0 Å². The second-order valence-corrected chi connectivity index (χ2v) is 9.38. The van der Waals surface area contributed by atoms with E-state index in [0.29, 0.717) is 23.7 Å². The minimum absolute atomic E-state index is 0.0747. The van der Waals surface area contributed by atoms with Crippen molar-refractivity contribution < 1.29 is 9.59 Å². The van der Waals surface area contributed by atoms with E-state index in [9.17, 15) is 9.59 Å².